The Bertz CT molecular complexity index is 661. The molecule has 0 spiro atoms. The van der Waals surface area contributed by atoms with Crippen LogP contribution in [-0.2, 0) is 11.2 Å². The zero-order valence-electron chi connectivity index (χ0n) is 15.1. The number of carbonyl (C=O) groups excluding carboxylic acids is 1. The third-order valence-electron chi connectivity index (χ3n) is 4.65. The molecule has 2 amide bonds. The molecule has 0 unspecified atom stereocenters. The molecule has 6 nitrogen and oxygen atoms in total. The molecule has 0 aromatic heterocycles. The lowest BCUT2D eigenvalue weighted by Gasteiger charge is -2.42. The number of likely N-dealkylation sites (N-methyl/N-ethyl adjacent to an activating group) is 1. The number of aliphatic carboxylic acids is 1. The topological polar surface area (TPSA) is 81.7 Å². The Labute approximate surface area is 155 Å². The number of carbonyl (C=O) groups is 2. The van der Waals surface area contributed by atoms with Gasteiger partial charge >= 0.3 is 18.2 Å². The first-order valence-corrected chi connectivity index (χ1v) is 8.86. The maximum atomic E-state index is 12.4. The number of urea groups is 1. The highest BCUT2D eigenvalue weighted by Crippen LogP contribution is 2.27. The number of benzene rings is 1. The SMILES string of the molecule is CCN(CC(=O)O)C1CC(NC(=O)Nc2ccccc2CCC(F)(F)F)C1. The number of nitrogens with zero attached hydrogens (tertiary/aromatic N) is 1. The summed E-state index contributed by atoms with van der Waals surface area (Å²) in [4.78, 5) is 24.8. The summed E-state index contributed by atoms with van der Waals surface area (Å²) in [6.07, 6.45) is -4.12. The molecular formula is C18H24F3N3O3. The van der Waals surface area contributed by atoms with Gasteiger partial charge in [-0.2, -0.15) is 13.2 Å². The van der Waals surface area contributed by atoms with Crippen LogP contribution in [0.3, 0.4) is 0 Å². The van der Waals surface area contributed by atoms with Crippen molar-refractivity contribution in [2.75, 3.05) is 18.4 Å². The average molecular weight is 387 g/mol. The zero-order valence-corrected chi connectivity index (χ0v) is 15.1. The predicted octanol–water partition coefficient (Wildman–Crippen LogP) is 3.24. The molecule has 9 heteroatoms. The molecule has 0 radical (unpaired) electrons. The monoisotopic (exact) mass is 387 g/mol. The Balaban J connectivity index is 1.83. The molecule has 0 atom stereocenters. The zero-order chi connectivity index (χ0) is 20.0. The second-order valence-electron chi connectivity index (χ2n) is 6.65. The second-order valence-corrected chi connectivity index (χ2v) is 6.65. The molecule has 1 aromatic rings. The number of halogens is 3. The van der Waals surface area contributed by atoms with E-state index < -0.39 is 24.6 Å². The highest BCUT2D eigenvalue weighted by molar-refractivity contribution is 5.90. The molecule has 27 heavy (non-hydrogen) atoms. The van der Waals surface area contributed by atoms with Crippen LogP contribution in [0.25, 0.3) is 0 Å². The summed E-state index contributed by atoms with van der Waals surface area (Å²) >= 11 is 0. The Morgan fingerprint density at radius 2 is 1.93 bits per heavy atom. The number of carboxylic acid groups (broad SMARTS) is 1. The van der Waals surface area contributed by atoms with Gasteiger partial charge in [0.25, 0.3) is 0 Å². The van der Waals surface area contributed by atoms with E-state index in [2.05, 4.69) is 10.6 Å². The molecule has 0 saturated heterocycles. The Hall–Kier alpha value is -2.29. The first-order valence-electron chi connectivity index (χ1n) is 8.86. The van der Waals surface area contributed by atoms with Crippen molar-refractivity contribution in [1.82, 2.24) is 10.2 Å². The molecule has 1 aromatic carbocycles. The molecule has 3 N–H and O–H groups in total. The maximum Gasteiger partial charge on any atom is 0.389 e. The van der Waals surface area contributed by atoms with E-state index in [1.54, 1.807) is 24.3 Å². The fourth-order valence-corrected chi connectivity index (χ4v) is 3.16. The van der Waals surface area contributed by atoms with E-state index in [-0.39, 0.29) is 25.0 Å². The van der Waals surface area contributed by atoms with Gasteiger partial charge in [-0.15, -0.1) is 0 Å². The predicted molar refractivity (Wildman–Crippen MR) is 94.7 cm³/mol. The quantitative estimate of drug-likeness (QED) is 0.640. The highest BCUT2D eigenvalue weighted by atomic mass is 19.4. The number of alkyl halides is 3. The van der Waals surface area contributed by atoms with Crippen molar-refractivity contribution in [3.8, 4) is 0 Å². The third kappa shape index (κ3) is 6.74. The number of amides is 2. The van der Waals surface area contributed by atoms with E-state index in [1.165, 1.54) is 0 Å². The van der Waals surface area contributed by atoms with Crippen molar-refractivity contribution in [1.29, 1.82) is 0 Å². The van der Waals surface area contributed by atoms with Crippen LogP contribution in [0.15, 0.2) is 24.3 Å². The molecule has 0 heterocycles. The maximum absolute atomic E-state index is 12.4. The summed E-state index contributed by atoms with van der Waals surface area (Å²) in [7, 11) is 0. The first-order chi connectivity index (χ1) is 12.7. The first kappa shape index (κ1) is 21.0. The third-order valence-corrected chi connectivity index (χ3v) is 4.65. The standard InChI is InChI=1S/C18H24F3N3O3/c1-2-24(11-16(25)26)14-9-13(10-14)22-17(27)23-15-6-4-3-5-12(15)7-8-18(19,20)21/h3-6,13-14H,2,7-11H2,1H3,(H,25,26)(H2,22,23,27). The van der Waals surface area contributed by atoms with E-state index in [4.69, 9.17) is 5.11 Å². The van der Waals surface area contributed by atoms with Crippen molar-refractivity contribution in [2.24, 2.45) is 0 Å². The Kier molecular flexibility index (Phi) is 7.06. The smallest absolute Gasteiger partial charge is 0.389 e. The van der Waals surface area contributed by atoms with Gasteiger partial charge in [-0.25, -0.2) is 4.79 Å². The lowest BCUT2D eigenvalue weighted by atomic mass is 9.85. The minimum atomic E-state index is -4.25. The number of carboxylic acids is 1. The summed E-state index contributed by atoms with van der Waals surface area (Å²) in [6, 6.07) is 5.96. The van der Waals surface area contributed by atoms with Crippen LogP contribution in [0, 0.1) is 0 Å². The van der Waals surface area contributed by atoms with Crippen LogP contribution < -0.4 is 10.6 Å². The van der Waals surface area contributed by atoms with Gasteiger partial charge in [0, 0.05) is 24.2 Å². The second kappa shape index (κ2) is 9.07. The van der Waals surface area contributed by atoms with Crippen LogP contribution in [0.2, 0.25) is 0 Å². The van der Waals surface area contributed by atoms with Gasteiger partial charge in [0.1, 0.15) is 0 Å². The van der Waals surface area contributed by atoms with Gasteiger partial charge in [-0.1, -0.05) is 25.1 Å². The molecule has 1 fully saturated rings. The largest absolute Gasteiger partial charge is 0.480 e. The lowest BCUT2D eigenvalue weighted by molar-refractivity contribution is -0.139. The van der Waals surface area contributed by atoms with Gasteiger partial charge in [0.15, 0.2) is 0 Å². The average Bonchev–Trinajstić information content (AvgIpc) is 2.54. The van der Waals surface area contributed by atoms with Crippen LogP contribution in [0.1, 0.15) is 31.7 Å². The van der Waals surface area contributed by atoms with Crippen molar-refractivity contribution in [3.63, 3.8) is 0 Å². The molecule has 2 rings (SSSR count). The van der Waals surface area contributed by atoms with Gasteiger partial charge in [0.2, 0.25) is 0 Å². The number of hydrogen-bond donors (Lipinski definition) is 3. The summed E-state index contributed by atoms with van der Waals surface area (Å²) < 4.78 is 37.3. The van der Waals surface area contributed by atoms with Crippen LogP contribution in [-0.4, -0.2) is 53.4 Å². The molecule has 1 aliphatic carbocycles. The van der Waals surface area contributed by atoms with E-state index in [0.717, 1.165) is 0 Å². The number of nitrogens with one attached hydrogen (secondary N) is 2. The number of hydrogen-bond acceptors (Lipinski definition) is 3. The van der Waals surface area contributed by atoms with E-state index in [9.17, 15) is 22.8 Å². The van der Waals surface area contributed by atoms with E-state index >= 15 is 0 Å². The van der Waals surface area contributed by atoms with Gasteiger partial charge in [0.05, 0.1) is 6.54 Å². The molecule has 0 aliphatic heterocycles. The fourth-order valence-electron chi connectivity index (χ4n) is 3.16. The lowest BCUT2D eigenvalue weighted by Crippen LogP contribution is -2.55. The molecule has 0 bridgehead atoms. The van der Waals surface area contributed by atoms with Gasteiger partial charge in [-0.3, -0.25) is 9.69 Å². The van der Waals surface area contributed by atoms with Crippen molar-refractivity contribution < 1.29 is 27.9 Å². The van der Waals surface area contributed by atoms with Crippen molar-refractivity contribution in [2.45, 2.75) is 50.9 Å². The minimum Gasteiger partial charge on any atom is -0.480 e. The number of aryl methyl sites for hydroxylation is 1. The molecule has 1 aliphatic rings. The van der Waals surface area contributed by atoms with E-state index in [0.29, 0.717) is 30.6 Å². The summed E-state index contributed by atoms with van der Waals surface area (Å²) in [6.45, 7) is 2.46. The van der Waals surface area contributed by atoms with Crippen LogP contribution in [0.5, 0.6) is 0 Å². The van der Waals surface area contributed by atoms with Gasteiger partial charge < -0.3 is 15.7 Å². The summed E-state index contributed by atoms with van der Waals surface area (Å²) in [5, 5.41) is 14.3. The number of para-hydroxylation sites is 1. The fraction of sp³-hybridized carbons (Fsp3) is 0.556. The molecule has 1 saturated carbocycles. The minimum absolute atomic E-state index is 0.0351. The van der Waals surface area contributed by atoms with E-state index in [1.807, 2.05) is 11.8 Å². The van der Waals surface area contributed by atoms with Crippen LogP contribution >= 0.6 is 0 Å². The normalized spacial score (nSPS) is 19.4. The number of rotatable bonds is 8. The van der Waals surface area contributed by atoms with Crippen LogP contribution in [0.4, 0.5) is 23.7 Å². The summed E-state index contributed by atoms with van der Waals surface area (Å²) in [5.41, 5.74) is 0.784. The highest BCUT2D eigenvalue weighted by Gasteiger charge is 2.34. The van der Waals surface area contributed by atoms with Gasteiger partial charge in [-0.05, 0) is 37.4 Å². The molecular weight excluding hydrogens is 363 g/mol. The van der Waals surface area contributed by atoms with Crippen molar-refractivity contribution >= 4 is 17.7 Å². The summed E-state index contributed by atoms with van der Waals surface area (Å²) in [5.74, 6) is -0.888. The van der Waals surface area contributed by atoms with Crippen molar-refractivity contribution in [3.05, 3.63) is 29.8 Å². The number of anilines is 1. The Morgan fingerprint density at radius 3 is 2.52 bits per heavy atom. The Morgan fingerprint density at radius 1 is 1.26 bits per heavy atom. The molecule has 150 valence electrons.